The normalized spacial score (nSPS) is 36.4. The van der Waals surface area contributed by atoms with E-state index in [1.165, 1.54) is 12.8 Å². The minimum absolute atomic E-state index is 0.130. The molecule has 3 rings (SSSR count). The molecule has 2 fully saturated rings. The second-order valence-electron chi connectivity index (χ2n) is 6.60. The third-order valence-corrected chi connectivity index (χ3v) is 5.52. The molecular formula is C18H26N2O. The Hall–Kier alpha value is -1.35. The van der Waals surface area contributed by atoms with Gasteiger partial charge in [-0.1, -0.05) is 50.6 Å². The van der Waals surface area contributed by atoms with Crippen molar-refractivity contribution >= 4 is 5.91 Å². The first-order chi connectivity index (χ1) is 10.1. The largest absolute Gasteiger partial charge is 0.323 e. The molecule has 0 radical (unpaired) electrons. The molecule has 1 N–H and O–H groups in total. The van der Waals surface area contributed by atoms with Gasteiger partial charge in [0.15, 0.2) is 0 Å². The van der Waals surface area contributed by atoms with Crippen molar-refractivity contribution in [1.29, 1.82) is 0 Å². The number of hydrogen-bond donors (Lipinski definition) is 1. The first-order valence-corrected chi connectivity index (χ1v) is 8.26. The molecule has 21 heavy (non-hydrogen) atoms. The Morgan fingerprint density at radius 2 is 1.90 bits per heavy atom. The number of carbonyl (C=O) groups is 1. The van der Waals surface area contributed by atoms with Gasteiger partial charge in [-0.15, -0.1) is 0 Å². The SMILES string of the molecule is CCC1CCC(N2C(=O)C(c3ccccc3)NC2C)C1C. The Morgan fingerprint density at radius 3 is 2.52 bits per heavy atom. The van der Waals surface area contributed by atoms with Gasteiger partial charge in [-0.3, -0.25) is 10.1 Å². The molecule has 3 heteroatoms. The van der Waals surface area contributed by atoms with Gasteiger partial charge in [0, 0.05) is 6.04 Å². The van der Waals surface area contributed by atoms with E-state index in [2.05, 4.69) is 31.0 Å². The Bertz CT molecular complexity index is 501. The van der Waals surface area contributed by atoms with Gasteiger partial charge < -0.3 is 4.90 Å². The second-order valence-corrected chi connectivity index (χ2v) is 6.60. The molecule has 114 valence electrons. The lowest BCUT2D eigenvalue weighted by molar-refractivity contribution is -0.132. The molecule has 1 aromatic carbocycles. The van der Waals surface area contributed by atoms with Crippen molar-refractivity contribution in [3.05, 3.63) is 35.9 Å². The smallest absolute Gasteiger partial charge is 0.245 e. The van der Waals surface area contributed by atoms with Crippen LogP contribution >= 0.6 is 0 Å². The molecule has 1 aromatic rings. The summed E-state index contributed by atoms with van der Waals surface area (Å²) in [6.07, 6.45) is 3.77. The summed E-state index contributed by atoms with van der Waals surface area (Å²) < 4.78 is 0. The predicted octanol–water partition coefficient (Wildman–Crippen LogP) is 3.33. The van der Waals surface area contributed by atoms with Gasteiger partial charge >= 0.3 is 0 Å². The van der Waals surface area contributed by atoms with E-state index in [-0.39, 0.29) is 18.1 Å². The van der Waals surface area contributed by atoms with Crippen molar-refractivity contribution in [3.63, 3.8) is 0 Å². The average molecular weight is 286 g/mol. The number of benzene rings is 1. The maximum Gasteiger partial charge on any atom is 0.245 e. The summed E-state index contributed by atoms with van der Waals surface area (Å²) >= 11 is 0. The molecule has 1 amide bonds. The molecule has 0 aromatic heterocycles. The highest BCUT2D eigenvalue weighted by molar-refractivity contribution is 5.86. The van der Waals surface area contributed by atoms with Crippen molar-refractivity contribution < 1.29 is 4.79 Å². The van der Waals surface area contributed by atoms with Crippen LogP contribution < -0.4 is 5.32 Å². The molecular weight excluding hydrogens is 260 g/mol. The van der Waals surface area contributed by atoms with Gasteiger partial charge in [0.1, 0.15) is 6.04 Å². The van der Waals surface area contributed by atoms with Crippen molar-refractivity contribution in [2.45, 2.75) is 58.3 Å². The van der Waals surface area contributed by atoms with E-state index in [0.29, 0.717) is 12.0 Å². The quantitative estimate of drug-likeness (QED) is 0.924. The third kappa shape index (κ3) is 2.48. The Morgan fingerprint density at radius 1 is 1.19 bits per heavy atom. The topological polar surface area (TPSA) is 32.3 Å². The molecule has 1 aliphatic heterocycles. The van der Waals surface area contributed by atoms with E-state index in [1.54, 1.807) is 0 Å². The van der Waals surface area contributed by atoms with Crippen molar-refractivity contribution in [3.8, 4) is 0 Å². The molecule has 0 spiro atoms. The van der Waals surface area contributed by atoms with Crippen LogP contribution in [-0.2, 0) is 4.79 Å². The summed E-state index contributed by atoms with van der Waals surface area (Å²) in [5.74, 6) is 1.63. The molecule has 1 aliphatic carbocycles. The number of rotatable bonds is 3. The van der Waals surface area contributed by atoms with Gasteiger partial charge in [0.05, 0.1) is 6.17 Å². The minimum Gasteiger partial charge on any atom is -0.323 e. The monoisotopic (exact) mass is 286 g/mol. The second kappa shape index (κ2) is 5.80. The van der Waals surface area contributed by atoms with Gasteiger partial charge in [0.25, 0.3) is 0 Å². The van der Waals surface area contributed by atoms with Gasteiger partial charge in [-0.2, -0.15) is 0 Å². The number of nitrogens with one attached hydrogen (secondary N) is 1. The Balaban J connectivity index is 1.80. The zero-order chi connectivity index (χ0) is 15.0. The van der Waals surface area contributed by atoms with E-state index >= 15 is 0 Å². The highest BCUT2D eigenvalue weighted by Gasteiger charge is 2.45. The van der Waals surface area contributed by atoms with Gasteiger partial charge in [-0.05, 0) is 37.2 Å². The van der Waals surface area contributed by atoms with Crippen LogP contribution in [0.3, 0.4) is 0 Å². The van der Waals surface area contributed by atoms with Gasteiger partial charge in [0.2, 0.25) is 5.91 Å². The van der Waals surface area contributed by atoms with E-state index in [9.17, 15) is 4.79 Å². The molecule has 5 unspecified atom stereocenters. The molecule has 2 aliphatic rings. The van der Waals surface area contributed by atoms with E-state index in [1.807, 2.05) is 30.3 Å². The summed E-state index contributed by atoms with van der Waals surface area (Å²) in [5.41, 5.74) is 1.08. The van der Waals surface area contributed by atoms with Crippen LogP contribution in [0.25, 0.3) is 0 Å². The first-order valence-electron chi connectivity index (χ1n) is 8.26. The summed E-state index contributed by atoms with van der Waals surface area (Å²) in [6, 6.07) is 10.3. The van der Waals surface area contributed by atoms with Crippen LogP contribution in [0, 0.1) is 11.8 Å². The summed E-state index contributed by atoms with van der Waals surface area (Å²) in [6.45, 7) is 6.71. The van der Waals surface area contributed by atoms with Crippen molar-refractivity contribution in [1.82, 2.24) is 10.2 Å². The van der Waals surface area contributed by atoms with E-state index in [0.717, 1.165) is 17.9 Å². The van der Waals surface area contributed by atoms with Gasteiger partial charge in [-0.25, -0.2) is 0 Å². The molecule has 1 saturated heterocycles. The lowest BCUT2D eigenvalue weighted by Gasteiger charge is -2.32. The van der Waals surface area contributed by atoms with Crippen molar-refractivity contribution in [2.24, 2.45) is 11.8 Å². The molecule has 0 bridgehead atoms. The average Bonchev–Trinajstić information content (AvgIpc) is 3.00. The van der Waals surface area contributed by atoms with Crippen LogP contribution in [0.15, 0.2) is 30.3 Å². The highest BCUT2D eigenvalue weighted by Crippen LogP contribution is 2.40. The number of hydrogen-bond acceptors (Lipinski definition) is 2. The zero-order valence-corrected chi connectivity index (χ0v) is 13.3. The lowest BCUT2D eigenvalue weighted by Crippen LogP contribution is -2.44. The molecule has 5 atom stereocenters. The third-order valence-electron chi connectivity index (χ3n) is 5.52. The summed E-state index contributed by atoms with van der Waals surface area (Å²) in [5, 5.41) is 3.48. The molecule has 1 saturated carbocycles. The Kier molecular flexibility index (Phi) is 4.03. The van der Waals surface area contributed by atoms with E-state index in [4.69, 9.17) is 0 Å². The molecule has 1 heterocycles. The fraction of sp³-hybridized carbons (Fsp3) is 0.611. The molecule has 3 nitrogen and oxygen atoms in total. The maximum absolute atomic E-state index is 12.9. The standard InChI is InChI=1S/C18H26N2O/c1-4-14-10-11-16(12(14)2)20-13(3)19-17(18(20)21)15-8-6-5-7-9-15/h5-9,12-14,16-17,19H,4,10-11H2,1-3H3. The lowest BCUT2D eigenvalue weighted by atomic mass is 9.92. The van der Waals surface area contributed by atoms with Crippen LogP contribution in [0.5, 0.6) is 0 Å². The van der Waals surface area contributed by atoms with Crippen LogP contribution in [-0.4, -0.2) is 23.0 Å². The van der Waals surface area contributed by atoms with Crippen LogP contribution in [0.4, 0.5) is 0 Å². The first kappa shape index (κ1) is 14.6. The highest BCUT2D eigenvalue weighted by atomic mass is 16.2. The minimum atomic E-state index is -0.172. The number of carbonyl (C=O) groups excluding carboxylic acids is 1. The number of nitrogens with zero attached hydrogens (tertiary/aromatic N) is 1. The van der Waals surface area contributed by atoms with Crippen LogP contribution in [0.1, 0.15) is 51.6 Å². The summed E-state index contributed by atoms with van der Waals surface area (Å²) in [4.78, 5) is 15.0. The number of amides is 1. The Labute approximate surface area is 127 Å². The van der Waals surface area contributed by atoms with Crippen molar-refractivity contribution in [2.75, 3.05) is 0 Å². The van der Waals surface area contributed by atoms with Crippen LogP contribution in [0.2, 0.25) is 0 Å². The fourth-order valence-corrected chi connectivity index (χ4v) is 4.26. The predicted molar refractivity (Wildman–Crippen MR) is 84.6 cm³/mol. The fourth-order valence-electron chi connectivity index (χ4n) is 4.26. The maximum atomic E-state index is 12.9. The zero-order valence-electron chi connectivity index (χ0n) is 13.3. The summed E-state index contributed by atoms with van der Waals surface area (Å²) in [7, 11) is 0. The van der Waals surface area contributed by atoms with E-state index < -0.39 is 0 Å².